The zero-order chi connectivity index (χ0) is 9.97. The molecule has 1 aliphatic rings. The fraction of sp³-hybridized carbons (Fsp3) is 0.500. The molecule has 14 heavy (non-hydrogen) atoms. The van der Waals surface area contributed by atoms with Gasteiger partial charge in [0, 0.05) is 6.61 Å². The van der Waals surface area contributed by atoms with E-state index < -0.39 is 0 Å². The first-order valence-electron chi connectivity index (χ1n) is 5.10. The Morgan fingerprint density at radius 3 is 3.07 bits per heavy atom. The number of ether oxygens (including phenoxy) is 1. The first-order valence-corrected chi connectivity index (χ1v) is 5.10. The van der Waals surface area contributed by atoms with Crippen LogP contribution in [0.5, 0.6) is 5.75 Å². The van der Waals surface area contributed by atoms with Crippen LogP contribution >= 0.6 is 0 Å². The Labute approximate surface area is 84.5 Å². The highest BCUT2D eigenvalue weighted by Gasteiger charge is 2.37. The number of hydrogen-bond donors (Lipinski definition) is 1. The fourth-order valence-electron chi connectivity index (χ4n) is 2.01. The standard InChI is InChI=1S/C12H16O2/c1-14-11-4-2-3-9(7-11)12-8-10(12)5-6-13/h2-4,7,10,12-13H,5-6,8H2,1H3/t10-,12+/m1/s1. The second-order valence-corrected chi connectivity index (χ2v) is 3.89. The van der Waals surface area contributed by atoms with E-state index in [9.17, 15) is 0 Å². The molecule has 1 aliphatic carbocycles. The minimum Gasteiger partial charge on any atom is -0.497 e. The molecule has 1 aromatic rings. The van der Waals surface area contributed by atoms with Crippen molar-refractivity contribution < 1.29 is 9.84 Å². The van der Waals surface area contributed by atoms with Crippen molar-refractivity contribution in [3.05, 3.63) is 29.8 Å². The minimum atomic E-state index is 0.311. The monoisotopic (exact) mass is 192 g/mol. The van der Waals surface area contributed by atoms with Gasteiger partial charge in [0.1, 0.15) is 5.75 Å². The molecule has 0 saturated heterocycles. The maximum absolute atomic E-state index is 8.82. The third kappa shape index (κ3) is 1.90. The van der Waals surface area contributed by atoms with E-state index >= 15 is 0 Å². The van der Waals surface area contributed by atoms with Crippen LogP contribution in [0.2, 0.25) is 0 Å². The maximum atomic E-state index is 8.82. The van der Waals surface area contributed by atoms with Crippen molar-refractivity contribution in [2.24, 2.45) is 5.92 Å². The van der Waals surface area contributed by atoms with Crippen molar-refractivity contribution in [1.29, 1.82) is 0 Å². The van der Waals surface area contributed by atoms with Crippen molar-refractivity contribution in [3.63, 3.8) is 0 Å². The van der Waals surface area contributed by atoms with Crippen LogP contribution in [0.25, 0.3) is 0 Å². The molecule has 1 fully saturated rings. The minimum absolute atomic E-state index is 0.311. The molecule has 0 amide bonds. The van der Waals surface area contributed by atoms with Gasteiger partial charge in [-0.25, -0.2) is 0 Å². The summed E-state index contributed by atoms with van der Waals surface area (Å²) in [5.41, 5.74) is 1.35. The quantitative estimate of drug-likeness (QED) is 0.792. The number of aliphatic hydroxyl groups is 1. The third-order valence-corrected chi connectivity index (χ3v) is 2.94. The molecule has 2 nitrogen and oxygen atoms in total. The van der Waals surface area contributed by atoms with E-state index in [1.165, 1.54) is 12.0 Å². The van der Waals surface area contributed by atoms with E-state index in [1.807, 2.05) is 12.1 Å². The average molecular weight is 192 g/mol. The zero-order valence-electron chi connectivity index (χ0n) is 8.44. The summed E-state index contributed by atoms with van der Waals surface area (Å²) in [7, 11) is 1.69. The summed E-state index contributed by atoms with van der Waals surface area (Å²) in [5.74, 6) is 2.27. The predicted molar refractivity (Wildman–Crippen MR) is 55.5 cm³/mol. The van der Waals surface area contributed by atoms with Gasteiger partial charge in [-0.15, -0.1) is 0 Å². The second-order valence-electron chi connectivity index (χ2n) is 3.89. The van der Waals surface area contributed by atoms with Gasteiger partial charge in [-0.05, 0) is 42.4 Å². The second kappa shape index (κ2) is 4.01. The van der Waals surface area contributed by atoms with Crippen LogP contribution in [0.1, 0.15) is 24.3 Å². The Morgan fingerprint density at radius 1 is 1.50 bits per heavy atom. The van der Waals surface area contributed by atoms with E-state index in [2.05, 4.69) is 12.1 Å². The summed E-state index contributed by atoms with van der Waals surface area (Å²) >= 11 is 0. The van der Waals surface area contributed by atoms with Crippen molar-refractivity contribution in [2.45, 2.75) is 18.8 Å². The van der Waals surface area contributed by atoms with Crippen molar-refractivity contribution in [3.8, 4) is 5.75 Å². The lowest BCUT2D eigenvalue weighted by Gasteiger charge is -2.03. The van der Waals surface area contributed by atoms with E-state index in [1.54, 1.807) is 7.11 Å². The lowest BCUT2D eigenvalue weighted by Crippen LogP contribution is -1.89. The Kier molecular flexibility index (Phi) is 2.73. The summed E-state index contributed by atoms with van der Waals surface area (Å²) < 4.78 is 5.18. The van der Waals surface area contributed by atoms with Gasteiger partial charge in [0.25, 0.3) is 0 Å². The summed E-state index contributed by atoms with van der Waals surface area (Å²) in [5, 5.41) is 8.82. The van der Waals surface area contributed by atoms with E-state index in [4.69, 9.17) is 9.84 Å². The molecular weight excluding hydrogens is 176 g/mol. The molecule has 0 aliphatic heterocycles. The molecule has 2 atom stereocenters. The van der Waals surface area contributed by atoms with Crippen LogP contribution in [0.15, 0.2) is 24.3 Å². The third-order valence-electron chi connectivity index (χ3n) is 2.94. The molecule has 1 N–H and O–H groups in total. The van der Waals surface area contributed by atoms with Gasteiger partial charge in [0.15, 0.2) is 0 Å². The maximum Gasteiger partial charge on any atom is 0.119 e. The van der Waals surface area contributed by atoms with Crippen LogP contribution in [-0.2, 0) is 0 Å². The van der Waals surface area contributed by atoms with Crippen LogP contribution in [0.3, 0.4) is 0 Å². The summed E-state index contributed by atoms with van der Waals surface area (Å²) in [4.78, 5) is 0. The predicted octanol–water partition coefficient (Wildman–Crippen LogP) is 2.18. The van der Waals surface area contributed by atoms with Gasteiger partial charge in [-0.3, -0.25) is 0 Å². The number of aliphatic hydroxyl groups excluding tert-OH is 1. The zero-order valence-corrected chi connectivity index (χ0v) is 8.44. The van der Waals surface area contributed by atoms with Crippen LogP contribution in [-0.4, -0.2) is 18.8 Å². The van der Waals surface area contributed by atoms with Crippen LogP contribution in [0, 0.1) is 5.92 Å². The highest BCUT2D eigenvalue weighted by atomic mass is 16.5. The Bertz CT molecular complexity index is 309. The molecule has 0 radical (unpaired) electrons. The molecule has 2 rings (SSSR count). The van der Waals surface area contributed by atoms with E-state index in [0.717, 1.165) is 12.2 Å². The van der Waals surface area contributed by atoms with Crippen LogP contribution in [0.4, 0.5) is 0 Å². The van der Waals surface area contributed by atoms with Crippen molar-refractivity contribution >= 4 is 0 Å². The first kappa shape index (κ1) is 9.53. The molecule has 0 unspecified atom stereocenters. The van der Waals surface area contributed by atoms with E-state index in [-0.39, 0.29) is 0 Å². The Balaban J connectivity index is 2.03. The summed E-state index contributed by atoms with van der Waals surface area (Å²) in [6.07, 6.45) is 2.15. The van der Waals surface area contributed by atoms with E-state index in [0.29, 0.717) is 18.4 Å². The Hall–Kier alpha value is -1.02. The van der Waals surface area contributed by atoms with Crippen LogP contribution < -0.4 is 4.74 Å². The fourth-order valence-corrected chi connectivity index (χ4v) is 2.01. The van der Waals surface area contributed by atoms with Gasteiger partial charge in [0.2, 0.25) is 0 Å². The lowest BCUT2D eigenvalue weighted by atomic mass is 10.1. The molecule has 0 spiro atoms. The van der Waals surface area contributed by atoms with Gasteiger partial charge in [-0.2, -0.15) is 0 Å². The highest BCUT2D eigenvalue weighted by molar-refractivity contribution is 5.33. The number of hydrogen-bond acceptors (Lipinski definition) is 2. The molecule has 1 saturated carbocycles. The molecule has 0 heterocycles. The topological polar surface area (TPSA) is 29.5 Å². The number of methoxy groups -OCH3 is 1. The largest absolute Gasteiger partial charge is 0.497 e. The lowest BCUT2D eigenvalue weighted by molar-refractivity contribution is 0.279. The van der Waals surface area contributed by atoms with Gasteiger partial charge in [-0.1, -0.05) is 12.1 Å². The number of rotatable bonds is 4. The first-order chi connectivity index (χ1) is 6.85. The average Bonchev–Trinajstić information content (AvgIpc) is 2.98. The normalized spacial score (nSPS) is 24.7. The smallest absolute Gasteiger partial charge is 0.119 e. The molecule has 0 bridgehead atoms. The van der Waals surface area contributed by atoms with Crippen molar-refractivity contribution in [2.75, 3.05) is 13.7 Å². The molecular formula is C12H16O2. The van der Waals surface area contributed by atoms with Gasteiger partial charge >= 0.3 is 0 Å². The summed E-state index contributed by atoms with van der Waals surface area (Å²) in [6, 6.07) is 8.24. The summed E-state index contributed by atoms with van der Waals surface area (Å²) in [6.45, 7) is 0.311. The Morgan fingerprint density at radius 2 is 2.36 bits per heavy atom. The molecule has 2 heteroatoms. The molecule has 1 aromatic carbocycles. The molecule has 0 aromatic heterocycles. The van der Waals surface area contributed by atoms with Gasteiger partial charge < -0.3 is 9.84 Å². The van der Waals surface area contributed by atoms with Crippen molar-refractivity contribution in [1.82, 2.24) is 0 Å². The van der Waals surface area contributed by atoms with Gasteiger partial charge in [0.05, 0.1) is 7.11 Å². The molecule has 76 valence electrons. The number of benzene rings is 1. The highest BCUT2D eigenvalue weighted by Crippen LogP contribution is 2.49. The SMILES string of the molecule is COc1cccc([C@@H]2C[C@H]2CCO)c1.